The standard InChI is InChI=1S/C15H21N5O4/c1-15(2,3)13(22)23-6-8-4-5-9(24-8)20-7-17-10-11(20)18-14(16)19-12(10)21/h7-9H,4-6H2,1-3H3,(H3,16,18,19,21)/t8-,9-/m1/s1. The first-order chi connectivity index (χ1) is 11.3. The number of imidazole rings is 1. The van der Waals surface area contributed by atoms with Crippen LogP contribution in [0.3, 0.4) is 0 Å². The number of nitrogens with zero attached hydrogens (tertiary/aromatic N) is 3. The van der Waals surface area contributed by atoms with Gasteiger partial charge in [0.25, 0.3) is 5.56 Å². The lowest BCUT2D eigenvalue weighted by atomic mass is 9.97. The Morgan fingerprint density at radius 3 is 2.96 bits per heavy atom. The number of esters is 1. The Morgan fingerprint density at radius 2 is 2.25 bits per heavy atom. The van der Waals surface area contributed by atoms with E-state index in [0.717, 1.165) is 6.42 Å². The van der Waals surface area contributed by atoms with Gasteiger partial charge in [-0.2, -0.15) is 4.98 Å². The minimum atomic E-state index is -0.541. The summed E-state index contributed by atoms with van der Waals surface area (Å²) in [6, 6.07) is 0. The molecule has 2 aromatic heterocycles. The van der Waals surface area contributed by atoms with Crippen LogP contribution < -0.4 is 11.3 Å². The van der Waals surface area contributed by atoms with E-state index in [2.05, 4.69) is 15.0 Å². The quantitative estimate of drug-likeness (QED) is 0.800. The summed E-state index contributed by atoms with van der Waals surface area (Å²) in [5.41, 5.74) is 5.27. The van der Waals surface area contributed by atoms with Crippen LogP contribution in [0.15, 0.2) is 11.1 Å². The fourth-order valence-electron chi connectivity index (χ4n) is 2.55. The van der Waals surface area contributed by atoms with E-state index in [-0.39, 0.29) is 41.9 Å². The molecule has 0 aromatic carbocycles. The van der Waals surface area contributed by atoms with Crippen LogP contribution in [-0.2, 0) is 14.3 Å². The molecule has 1 saturated heterocycles. The molecule has 3 rings (SSSR count). The average Bonchev–Trinajstić information content (AvgIpc) is 3.09. The average molecular weight is 335 g/mol. The molecule has 24 heavy (non-hydrogen) atoms. The Bertz CT molecular complexity index is 819. The molecule has 130 valence electrons. The first kappa shape index (κ1) is 16.4. The van der Waals surface area contributed by atoms with Gasteiger partial charge in [-0.3, -0.25) is 19.1 Å². The van der Waals surface area contributed by atoms with Crippen LogP contribution in [0.2, 0.25) is 0 Å². The minimum Gasteiger partial charge on any atom is -0.463 e. The third kappa shape index (κ3) is 3.12. The summed E-state index contributed by atoms with van der Waals surface area (Å²) in [6.07, 6.45) is 2.44. The maximum atomic E-state index is 11.8. The lowest BCUT2D eigenvalue weighted by Gasteiger charge is -2.19. The molecule has 2 aromatic rings. The zero-order valence-corrected chi connectivity index (χ0v) is 13.9. The number of hydrogen-bond donors (Lipinski definition) is 2. The van der Waals surface area contributed by atoms with Crippen LogP contribution in [0, 0.1) is 5.41 Å². The maximum Gasteiger partial charge on any atom is 0.311 e. The van der Waals surface area contributed by atoms with Crippen molar-refractivity contribution >= 4 is 23.1 Å². The highest BCUT2D eigenvalue weighted by atomic mass is 16.6. The van der Waals surface area contributed by atoms with Crippen LogP contribution in [0.5, 0.6) is 0 Å². The van der Waals surface area contributed by atoms with Gasteiger partial charge in [-0.15, -0.1) is 0 Å². The van der Waals surface area contributed by atoms with Gasteiger partial charge >= 0.3 is 5.97 Å². The number of nitrogen functional groups attached to an aromatic ring is 1. The zero-order valence-electron chi connectivity index (χ0n) is 13.9. The highest BCUT2D eigenvalue weighted by Crippen LogP contribution is 2.30. The minimum absolute atomic E-state index is 0.0305. The van der Waals surface area contributed by atoms with Crippen molar-refractivity contribution in [3.8, 4) is 0 Å². The number of hydrogen-bond acceptors (Lipinski definition) is 7. The molecule has 0 amide bonds. The third-order valence-electron chi connectivity index (χ3n) is 3.86. The van der Waals surface area contributed by atoms with Gasteiger partial charge in [0.05, 0.1) is 17.8 Å². The molecule has 3 heterocycles. The van der Waals surface area contributed by atoms with Gasteiger partial charge in [0.2, 0.25) is 5.95 Å². The van der Waals surface area contributed by atoms with Crippen molar-refractivity contribution in [2.24, 2.45) is 5.41 Å². The zero-order chi connectivity index (χ0) is 17.5. The number of carbonyl (C=O) groups excluding carboxylic acids is 1. The molecule has 1 aliphatic rings. The molecular formula is C15H21N5O4. The summed E-state index contributed by atoms with van der Waals surface area (Å²) in [7, 11) is 0. The van der Waals surface area contributed by atoms with Crippen molar-refractivity contribution < 1.29 is 14.3 Å². The first-order valence-electron chi connectivity index (χ1n) is 7.80. The van der Waals surface area contributed by atoms with E-state index < -0.39 is 5.41 Å². The molecular weight excluding hydrogens is 314 g/mol. The molecule has 0 bridgehead atoms. The van der Waals surface area contributed by atoms with Crippen molar-refractivity contribution in [2.45, 2.75) is 45.9 Å². The topological polar surface area (TPSA) is 125 Å². The van der Waals surface area contributed by atoms with Crippen LogP contribution in [-0.4, -0.2) is 38.2 Å². The first-order valence-corrected chi connectivity index (χ1v) is 7.80. The molecule has 2 atom stereocenters. The highest BCUT2D eigenvalue weighted by Gasteiger charge is 2.31. The van der Waals surface area contributed by atoms with Gasteiger partial charge in [-0.05, 0) is 33.6 Å². The van der Waals surface area contributed by atoms with Gasteiger partial charge in [-0.25, -0.2) is 4.98 Å². The molecule has 9 nitrogen and oxygen atoms in total. The van der Waals surface area contributed by atoms with Crippen molar-refractivity contribution in [3.63, 3.8) is 0 Å². The van der Waals surface area contributed by atoms with Crippen molar-refractivity contribution in [3.05, 3.63) is 16.7 Å². The molecule has 0 spiro atoms. The van der Waals surface area contributed by atoms with E-state index in [1.165, 1.54) is 6.33 Å². The molecule has 1 aliphatic heterocycles. The second-order valence-corrected chi connectivity index (χ2v) is 6.91. The summed E-state index contributed by atoms with van der Waals surface area (Å²) in [5, 5.41) is 0. The fourth-order valence-corrected chi connectivity index (χ4v) is 2.55. The Balaban J connectivity index is 1.70. The number of fused-ring (bicyclic) bond motifs is 1. The number of aromatic amines is 1. The number of rotatable bonds is 3. The van der Waals surface area contributed by atoms with E-state index in [1.54, 1.807) is 25.3 Å². The number of ether oxygens (including phenoxy) is 2. The van der Waals surface area contributed by atoms with Crippen LogP contribution in [0.1, 0.15) is 39.8 Å². The number of aromatic nitrogens is 4. The van der Waals surface area contributed by atoms with Crippen LogP contribution in [0.25, 0.3) is 11.2 Å². The monoisotopic (exact) mass is 335 g/mol. The summed E-state index contributed by atoms with van der Waals surface area (Å²) >= 11 is 0. The van der Waals surface area contributed by atoms with E-state index in [4.69, 9.17) is 15.2 Å². The Labute approximate surface area is 138 Å². The van der Waals surface area contributed by atoms with E-state index in [1.807, 2.05) is 0 Å². The fraction of sp³-hybridized carbons (Fsp3) is 0.600. The molecule has 0 unspecified atom stereocenters. The summed E-state index contributed by atoms with van der Waals surface area (Å²) in [5.74, 6) is -0.230. The third-order valence-corrected chi connectivity index (χ3v) is 3.86. The van der Waals surface area contributed by atoms with E-state index in [9.17, 15) is 9.59 Å². The highest BCUT2D eigenvalue weighted by molar-refractivity contribution is 5.75. The molecule has 3 N–H and O–H groups in total. The Morgan fingerprint density at radius 1 is 1.50 bits per heavy atom. The van der Waals surface area contributed by atoms with Gasteiger partial charge in [0.1, 0.15) is 12.8 Å². The number of H-pyrrole nitrogens is 1. The lowest BCUT2D eigenvalue weighted by Crippen LogP contribution is -2.27. The molecule has 9 heteroatoms. The molecule has 0 radical (unpaired) electrons. The summed E-state index contributed by atoms with van der Waals surface area (Å²) in [6.45, 7) is 5.62. The van der Waals surface area contributed by atoms with Crippen LogP contribution >= 0.6 is 0 Å². The molecule has 1 fully saturated rings. The number of nitrogens with two attached hydrogens (primary N) is 1. The smallest absolute Gasteiger partial charge is 0.311 e. The molecule has 0 aliphatic carbocycles. The number of nitrogens with one attached hydrogen (secondary N) is 1. The number of anilines is 1. The largest absolute Gasteiger partial charge is 0.463 e. The maximum absolute atomic E-state index is 11.8. The Kier molecular flexibility index (Phi) is 4.04. The normalized spacial score (nSPS) is 21.3. The Hall–Kier alpha value is -2.42. The lowest BCUT2D eigenvalue weighted by molar-refractivity contribution is -0.157. The van der Waals surface area contributed by atoms with E-state index >= 15 is 0 Å². The molecule has 0 saturated carbocycles. The van der Waals surface area contributed by atoms with Crippen molar-refractivity contribution in [1.82, 2.24) is 19.5 Å². The van der Waals surface area contributed by atoms with Gasteiger partial charge in [0, 0.05) is 0 Å². The second kappa shape index (κ2) is 5.90. The summed E-state index contributed by atoms with van der Waals surface area (Å²) < 4.78 is 12.9. The predicted octanol–water partition coefficient (Wildman–Crippen LogP) is 0.969. The predicted molar refractivity (Wildman–Crippen MR) is 86.1 cm³/mol. The van der Waals surface area contributed by atoms with Gasteiger partial charge in [-0.1, -0.05) is 0 Å². The summed E-state index contributed by atoms with van der Waals surface area (Å²) in [4.78, 5) is 34.3. The van der Waals surface area contributed by atoms with Gasteiger partial charge in [0.15, 0.2) is 11.2 Å². The van der Waals surface area contributed by atoms with Crippen molar-refractivity contribution in [2.75, 3.05) is 12.3 Å². The van der Waals surface area contributed by atoms with E-state index in [0.29, 0.717) is 12.1 Å². The van der Waals surface area contributed by atoms with Crippen molar-refractivity contribution in [1.29, 1.82) is 0 Å². The number of carbonyl (C=O) groups is 1. The SMILES string of the molecule is CC(C)(C)C(=O)OC[C@H]1CC[C@H](n2cnc3c(=O)[nH]c(N)nc32)O1. The second-order valence-electron chi connectivity index (χ2n) is 6.91. The van der Waals surface area contributed by atoms with Gasteiger partial charge < -0.3 is 15.2 Å². The van der Waals surface area contributed by atoms with Crippen LogP contribution in [0.4, 0.5) is 5.95 Å².